The van der Waals surface area contributed by atoms with Crippen LogP contribution in [0, 0.1) is 17.8 Å². The number of rotatable bonds is 11. The van der Waals surface area contributed by atoms with Crippen molar-refractivity contribution in [3.63, 3.8) is 0 Å². The van der Waals surface area contributed by atoms with E-state index in [9.17, 15) is 19.2 Å². The number of hydrogen-bond acceptors (Lipinski definition) is 6. The molecule has 10 heteroatoms. The summed E-state index contributed by atoms with van der Waals surface area (Å²) >= 11 is 0. The third-order valence-electron chi connectivity index (χ3n) is 9.72. The van der Waals surface area contributed by atoms with Gasteiger partial charge in [0.15, 0.2) is 0 Å². The predicted molar refractivity (Wildman–Crippen MR) is 168 cm³/mol. The van der Waals surface area contributed by atoms with Crippen molar-refractivity contribution in [1.29, 1.82) is 0 Å². The Morgan fingerprint density at radius 2 is 1.82 bits per heavy atom. The fraction of sp³-hybridized carbons (Fsp3) is 0.706. The second-order valence-electron chi connectivity index (χ2n) is 13.3. The second kappa shape index (κ2) is 15.6. The summed E-state index contributed by atoms with van der Waals surface area (Å²) in [7, 11) is 0. The highest BCUT2D eigenvalue weighted by Crippen LogP contribution is 2.37. The van der Waals surface area contributed by atoms with Crippen molar-refractivity contribution in [2.75, 3.05) is 26.2 Å². The largest absolute Gasteiger partial charge is 0.446 e. The summed E-state index contributed by atoms with van der Waals surface area (Å²) in [6, 6.07) is 8.90. The molecule has 4 amide bonds. The second-order valence-corrected chi connectivity index (χ2v) is 13.3. The highest BCUT2D eigenvalue weighted by molar-refractivity contribution is 6.00. The van der Waals surface area contributed by atoms with Gasteiger partial charge in [0.1, 0.15) is 24.3 Å². The van der Waals surface area contributed by atoms with Crippen molar-refractivity contribution in [1.82, 2.24) is 20.4 Å². The number of piperazine rings is 1. The number of piperidine rings is 1. The van der Waals surface area contributed by atoms with Crippen LogP contribution in [0.1, 0.15) is 91.0 Å². The molecular formula is C34H52N4O6. The molecule has 2 aliphatic heterocycles. The number of carbonyl (C=O) groups excluding carboxylic acids is 4. The Balaban J connectivity index is 1.24. The minimum absolute atomic E-state index is 0.0614. The molecule has 1 aromatic rings. The first-order valence-electron chi connectivity index (χ1n) is 16.7. The zero-order chi connectivity index (χ0) is 31.7. The lowest BCUT2D eigenvalue weighted by Gasteiger charge is -2.51. The van der Waals surface area contributed by atoms with Crippen molar-refractivity contribution in [3.05, 3.63) is 35.9 Å². The number of nitrogens with zero attached hydrogens (tertiary/aromatic N) is 2. The molecule has 0 unspecified atom stereocenters. The zero-order valence-electron chi connectivity index (χ0n) is 27.0. The molecule has 3 aliphatic rings. The zero-order valence-corrected chi connectivity index (χ0v) is 27.0. The van der Waals surface area contributed by atoms with Gasteiger partial charge in [-0.25, -0.2) is 9.59 Å². The molecule has 1 spiro atoms. The van der Waals surface area contributed by atoms with Crippen molar-refractivity contribution >= 4 is 24.0 Å². The van der Waals surface area contributed by atoms with Crippen molar-refractivity contribution < 1.29 is 28.7 Å². The Hall–Kier alpha value is -3.30. The van der Waals surface area contributed by atoms with E-state index in [1.165, 1.54) is 6.42 Å². The molecule has 3 fully saturated rings. The quantitative estimate of drug-likeness (QED) is 0.330. The van der Waals surface area contributed by atoms with Gasteiger partial charge in [-0.3, -0.25) is 9.59 Å². The number of amides is 4. The van der Waals surface area contributed by atoms with Crippen LogP contribution < -0.4 is 10.6 Å². The van der Waals surface area contributed by atoms with Gasteiger partial charge in [-0.05, 0) is 74.7 Å². The molecule has 2 heterocycles. The van der Waals surface area contributed by atoms with E-state index in [0.717, 1.165) is 24.8 Å². The molecule has 0 bridgehead atoms. The first kappa shape index (κ1) is 33.6. The lowest BCUT2D eigenvalue weighted by atomic mass is 9.75. The van der Waals surface area contributed by atoms with E-state index >= 15 is 0 Å². The van der Waals surface area contributed by atoms with E-state index in [4.69, 9.17) is 9.47 Å². The molecule has 1 aromatic carbocycles. The summed E-state index contributed by atoms with van der Waals surface area (Å²) < 4.78 is 11.3. The van der Waals surface area contributed by atoms with Gasteiger partial charge in [0.05, 0.1) is 0 Å². The van der Waals surface area contributed by atoms with Crippen LogP contribution >= 0.6 is 0 Å². The van der Waals surface area contributed by atoms with Crippen LogP contribution in [0.2, 0.25) is 0 Å². The average molecular weight is 613 g/mol. The van der Waals surface area contributed by atoms with Crippen molar-refractivity contribution in [3.8, 4) is 0 Å². The summed E-state index contributed by atoms with van der Waals surface area (Å²) in [5.74, 6) is 1.17. The first-order chi connectivity index (χ1) is 21.1. The predicted octanol–water partition coefficient (Wildman–Crippen LogP) is 5.25. The van der Waals surface area contributed by atoms with Gasteiger partial charge in [-0.15, -0.1) is 0 Å². The van der Waals surface area contributed by atoms with E-state index < -0.39 is 17.7 Å². The number of nitrogens with one attached hydrogen (secondary N) is 2. The molecule has 2 N–H and O–H groups in total. The van der Waals surface area contributed by atoms with Crippen LogP contribution in [0.25, 0.3) is 0 Å². The van der Waals surface area contributed by atoms with E-state index in [2.05, 4.69) is 31.4 Å². The molecule has 0 radical (unpaired) electrons. The van der Waals surface area contributed by atoms with Gasteiger partial charge in [0.25, 0.3) is 0 Å². The number of carbonyl (C=O) groups is 4. The lowest BCUT2D eigenvalue weighted by Crippen LogP contribution is -2.73. The molecule has 1 aliphatic carbocycles. The Morgan fingerprint density at radius 3 is 2.50 bits per heavy atom. The SMILES string of the molecule is CCCN1C(=O)[C@H](CCCCNC(=O)OCc2ccccc2)NC(=O)C12CCN(C(=O)O[C@H]1C[C@@H](C)CC[C@@H]1C(C)C)CC2. The molecule has 244 valence electrons. The van der Waals surface area contributed by atoms with Crippen LogP contribution in [-0.4, -0.2) is 77.7 Å². The lowest BCUT2D eigenvalue weighted by molar-refractivity contribution is -0.161. The maximum Gasteiger partial charge on any atom is 0.410 e. The number of ether oxygens (including phenoxy) is 2. The minimum atomic E-state index is -0.940. The van der Waals surface area contributed by atoms with Crippen LogP contribution in [0.4, 0.5) is 9.59 Å². The topological polar surface area (TPSA) is 117 Å². The molecule has 4 atom stereocenters. The summed E-state index contributed by atoms with van der Waals surface area (Å²) in [4.78, 5) is 56.0. The third-order valence-corrected chi connectivity index (χ3v) is 9.72. The fourth-order valence-corrected chi connectivity index (χ4v) is 7.07. The van der Waals surface area contributed by atoms with Crippen LogP contribution in [0.5, 0.6) is 0 Å². The van der Waals surface area contributed by atoms with Gasteiger partial charge >= 0.3 is 12.2 Å². The van der Waals surface area contributed by atoms with Gasteiger partial charge in [-0.2, -0.15) is 0 Å². The molecule has 10 nitrogen and oxygen atoms in total. The molecule has 44 heavy (non-hydrogen) atoms. The Labute approximate surface area is 262 Å². The van der Waals surface area contributed by atoms with Gasteiger partial charge in [0.2, 0.25) is 11.8 Å². The molecule has 1 saturated carbocycles. The molecule has 2 saturated heterocycles. The Bertz CT molecular complexity index is 1120. The molecule has 4 rings (SSSR count). The normalized spacial score (nSPS) is 25.1. The Kier molecular flexibility index (Phi) is 11.9. The fourth-order valence-electron chi connectivity index (χ4n) is 7.07. The highest BCUT2D eigenvalue weighted by atomic mass is 16.6. The standard InChI is InChI=1S/C34H52N4O6/c1-5-19-38-30(39)28(13-9-10-18-35-32(41)43-23-26-11-7-6-8-12-26)36-31(40)34(38)16-20-37(21-17-34)33(42)44-29-22-25(4)14-15-27(29)24(2)3/h6-8,11-12,24-25,27-29H,5,9-10,13-23H2,1-4H3,(H,35,41)(H,36,40)/t25-,27+,28-,29-/m0/s1. The first-order valence-corrected chi connectivity index (χ1v) is 16.7. The van der Waals surface area contributed by atoms with Crippen LogP contribution in [0.3, 0.4) is 0 Å². The monoisotopic (exact) mass is 612 g/mol. The maximum absolute atomic E-state index is 13.7. The number of likely N-dealkylation sites (tertiary alicyclic amines) is 1. The van der Waals surface area contributed by atoms with Crippen molar-refractivity contribution in [2.24, 2.45) is 17.8 Å². The number of alkyl carbamates (subject to hydrolysis) is 1. The molecular weight excluding hydrogens is 560 g/mol. The van der Waals surface area contributed by atoms with E-state index in [-0.39, 0.29) is 30.6 Å². The van der Waals surface area contributed by atoms with Gasteiger partial charge in [0, 0.05) is 26.2 Å². The Morgan fingerprint density at radius 1 is 1.09 bits per heavy atom. The third kappa shape index (κ3) is 8.24. The van der Waals surface area contributed by atoms with E-state index in [0.29, 0.717) is 76.0 Å². The smallest absolute Gasteiger partial charge is 0.410 e. The van der Waals surface area contributed by atoms with Gasteiger partial charge < -0.3 is 29.9 Å². The number of benzene rings is 1. The summed E-state index contributed by atoms with van der Waals surface area (Å²) in [6.45, 7) is 10.5. The summed E-state index contributed by atoms with van der Waals surface area (Å²) in [5, 5.41) is 5.76. The summed E-state index contributed by atoms with van der Waals surface area (Å²) in [5.41, 5.74) is -0.0207. The summed E-state index contributed by atoms with van der Waals surface area (Å²) in [6.07, 6.45) is 5.65. The van der Waals surface area contributed by atoms with Gasteiger partial charge in [-0.1, -0.05) is 64.4 Å². The van der Waals surface area contributed by atoms with E-state index in [1.807, 2.05) is 37.3 Å². The average Bonchev–Trinajstić information content (AvgIpc) is 3.01. The minimum Gasteiger partial charge on any atom is -0.446 e. The van der Waals surface area contributed by atoms with Crippen LogP contribution in [-0.2, 0) is 25.7 Å². The van der Waals surface area contributed by atoms with Crippen molar-refractivity contribution in [2.45, 2.75) is 110 Å². The highest BCUT2D eigenvalue weighted by Gasteiger charge is 2.53. The number of unbranched alkanes of at least 4 members (excludes halogenated alkanes) is 1. The van der Waals surface area contributed by atoms with Crippen LogP contribution in [0.15, 0.2) is 30.3 Å². The maximum atomic E-state index is 13.7. The van der Waals surface area contributed by atoms with E-state index in [1.54, 1.807) is 9.80 Å². The number of hydrogen-bond donors (Lipinski definition) is 2. The molecule has 0 aromatic heterocycles.